The highest BCUT2D eigenvalue weighted by Crippen LogP contribution is 2.42. The Labute approximate surface area is 137 Å². The molecule has 2 aromatic rings. The Bertz CT molecular complexity index is 625. The maximum atomic E-state index is 5.85. The Hall–Kier alpha value is -2.13. The van der Waals surface area contributed by atoms with Gasteiger partial charge in [0.25, 0.3) is 0 Å². The molecule has 0 unspecified atom stereocenters. The lowest BCUT2D eigenvalue weighted by molar-refractivity contribution is -0.749. The number of benzene rings is 2. The number of nitrogens with zero attached hydrogens (tertiary/aromatic N) is 1. The molecule has 1 saturated heterocycles. The van der Waals surface area contributed by atoms with Gasteiger partial charge in [0, 0.05) is 11.1 Å². The third-order valence-electron chi connectivity index (χ3n) is 5.59. The second-order valence-corrected chi connectivity index (χ2v) is 6.76. The fraction of sp³-hybridized carbons (Fsp3) is 0.350. The van der Waals surface area contributed by atoms with Crippen molar-refractivity contribution in [3.05, 3.63) is 71.8 Å². The standard InChI is InChI=1S/C20H23N3/c21-23-20-16-12-7-13-17(20)19(15-10-5-2-6-11-15)22-18(16)14-8-3-1-4-9-14/h1-6,8-11,16-19,22H,7,12-13,21H2/p+1/t16-,17-,18+,19+/m1/s1. The summed E-state index contributed by atoms with van der Waals surface area (Å²) in [5, 5.41) is 6.84. The minimum Gasteiger partial charge on any atom is -0.333 e. The van der Waals surface area contributed by atoms with Crippen LogP contribution in [0.25, 0.3) is 0 Å². The van der Waals surface area contributed by atoms with E-state index in [-0.39, 0.29) is 0 Å². The van der Waals surface area contributed by atoms with Crippen LogP contribution in [-0.2, 0) is 0 Å². The van der Waals surface area contributed by atoms with E-state index in [4.69, 9.17) is 5.84 Å². The van der Waals surface area contributed by atoms with Gasteiger partial charge in [-0.05, 0) is 12.8 Å². The molecule has 4 N–H and O–H groups in total. The predicted molar refractivity (Wildman–Crippen MR) is 92.7 cm³/mol. The number of nitrogens with two attached hydrogens (primary N) is 2. The highest BCUT2D eigenvalue weighted by molar-refractivity contribution is 5.91. The van der Waals surface area contributed by atoms with E-state index in [9.17, 15) is 0 Å². The molecule has 3 heteroatoms. The molecular formula is C20H24N3+. The Morgan fingerprint density at radius 3 is 1.70 bits per heavy atom. The summed E-state index contributed by atoms with van der Waals surface area (Å²) in [6, 6.07) is 22.5. The van der Waals surface area contributed by atoms with Crippen molar-refractivity contribution in [1.82, 2.24) is 0 Å². The van der Waals surface area contributed by atoms with Gasteiger partial charge < -0.3 is 11.2 Å². The zero-order valence-corrected chi connectivity index (χ0v) is 13.3. The molecule has 1 aliphatic carbocycles. The van der Waals surface area contributed by atoms with Crippen LogP contribution in [-0.4, -0.2) is 5.71 Å². The first-order valence-electron chi connectivity index (χ1n) is 8.61. The summed E-state index contributed by atoms with van der Waals surface area (Å²) in [5.41, 5.74) is 4.02. The predicted octanol–water partition coefficient (Wildman–Crippen LogP) is 2.78. The first kappa shape index (κ1) is 14.5. The second-order valence-electron chi connectivity index (χ2n) is 6.76. The van der Waals surface area contributed by atoms with Crippen LogP contribution in [0.5, 0.6) is 0 Å². The van der Waals surface area contributed by atoms with Crippen LogP contribution in [0.2, 0.25) is 0 Å². The Balaban J connectivity index is 1.76. The van der Waals surface area contributed by atoms with E-state index in [1.54, 1.807) is 0 Å². The summed E-state index contributed by atoms with van der Waals surface area (Å²) in [4.78, 5) is 0. The van der Waals surface area contributed by atoms with Crippen LogP contribution in [0.1, 0.15) is 42.5 Å². The largest absolute Gasteiger partial charge is 0.333 e. The molecule has 4 rings (SSSR count). The summed E-state index contributed by atoms with van der Waals surface area (Å²) < 4.78 is 0. The molecule has 3 nitrogen and oxygen atoms in total. The number of piperidine rings is 1. The molecule has 118 valence electrons. The van der Waals surface area contributed by atoms with E-state index >= 15 is 0 Å². The van der Waals surface area contributed by atoms with Crippen molar-refractivity contribution in [1.29, 1.82) is 0 Å². The van der Waals surface area contributed by atoms with Crippen molar-refractivity contribution in [2.24, 2.45) is 22.8 Å². The minimum atomic E-state index is 0.417. The van der Waals surface area contributed by atoms with Gasteiger partial charge in [-0.1, -0.05) is 67.1 Å². The lowest BCUT2D eigenvalue weighted by Gasteiger charge is -2.44. The van der Waals surface area contributed by atoms with Crippen molar-refractivity contribution >= 4 is 5.71 Å². The summed E-state index contributed by atoms with van der Waals surface area (Å²) in [5.74, 6) is 6.79. The minimum absolute atomic E-state index is 0.417. The van der Waals surface area contributed by atoms with Crippen molar-refractivity contribution in [3.8, 4) is 0 Å². The van der Waals surface area contributed by atoms with Crippen molar-refractivity contribution in [2.75, 3.05) is 0 Å². The van der Waals surface area contributed by atoms with Gasteiger partial charge in [-0.2, -0.15) is 5.10 Å². The molecule has 2 aromatic carbocycles. The second kappa shape index (κ2) is 6.17. The lowest BCUT2D eigenvalue weighted by Crippen LogP contribution is -2.92. The molecule has 0 radical (unpaired) electrons. The Morgan fingerprint density at radius 1 is 0.783 bits per heavy atom. The lowest BCUT2D eigenvalue weighted by atomic mass is 9.67. The molecule has 0 spiro atoms. The van der Waals surface area contributed by atoms with Gasteiger partial charge in [0.05, 0.1) is 17.5 Å². The van der Waals surface area contributed by atoms with E-state index in [2.05, 4.69) is 71.1 Å². The topological polar surface area (TPSA) is 55.0 Å². The molecule has 23 heavy (non-hydrogen) atoms. The SMILES string of the molecule is NN=C1[C@@H]2CCC[C@@H]1[C@H](c1ccccc1)[NH2+][C@H]2c1ccccc1. The molecule has 1 heterocycles. The molecule has 2 aliphatic rings. The highest BCUT2D eigenvalue weighted by Gasteiger charge is 2.48. The van der Waals surface area contributed by atoms with Gasteiger partial charge in [0.2, 0.25) is 0 Å². The van der Waals surface area contributed by atoms with Gasteiger partial charge in [-0.3, -0.25) is 0 Å². The fourth-order valence-electron chi connectivity index (χ4n) is 4.58. The molecule has 4 atom stereocenters. The zero-order valence-electron chi connectivity index (χ0n) is 13.3. The van der Waals surface area contributed by atoms with E-state index in [0.29, 0.717) is 23.9 Å². The molecule has 2 bridgehead atoms. The normalized spacial score (nSPS) is 30.0. The average molecular weight is 306 g/mol. The zero-order chi connectivity index (χ0) is 15.6. The first-order valence-corrected chi connectivity index (χ1v) is 8.61. The van der Waals surface area contributed by atoms with E-state index < -0.39 is 0 Å². The van der Waals surface area contributed by atoms with Gasteiger partial charge in [-0.15, -0.1) is 0 Å². The van der Waals surface area contributed by atoms with Gasteiger partial charge >= 0.3 is 0 Å². The Morgan fingerprint density at radius 2 is 1.26 bits per heavy atom. The molecule has 0 amide bonds. The number of hydrogen-bond acceptors (Lipinski definition) is 2. The summed E-state index contributed by atoms with van der Waals surface area (Å²) >= 11 is 0. The van der Waals surface area contributed by atoms with Crippen molar-refractivity contribution < 1.29 is 5.32 Å². The monoisotopic (exact) mass is 306 g/mol. The smallest absolute Gasteiger partial charge is 0.120 e. The van der Waals surface area contributed by atoms with Gasteiger partial charge in [0.1, 0.15) is 12.1 Å². The number of rotatable bonds is 2. The summed E-state index contributed by atoms with van der Waals surface area (Å²) in [7, 11) is 0. The van der Waals surface area contributed by atoms with Gasteiger partial charge in [0.15, 0.2) is 0 Å². The third kappa shape index (κ3) is 2.55. The fourth-order valence-corrected chi connectivity index (χ4v) is 4.58. The quantitative estimate of drug-likeness (QED) is 0.650. The molecule has 0 aromatic heterocycles. The van der Waals surface area contributed by atoms with Crippen molar-refractivity contribution in [2.45, 2.75) is 31.3 Å². The van der Waals surface area contributed by atoms with Crippen LogP contribution in [0.15, 0.2) is 65.8 Å². The van der Waals surface area contributed by atoms with E-state index in [1.165, 1.54) is 36.1 Å². The van der Waals surface area contributed by atoms with Crippen LogP contribution in [0, 0.1) is 11.8 Å². The molecule has 2 fully saturated rings. The van der Waals surface area contributed by atoms with Gasteiger partial charge in [-0.25, -0.2) is 0 Å². The molecule has 1 saturated carbocycles. The molecular weight excluding hydrogens is 282 g/mol. The first-order chi connectivity index (χ1) is 11.4. The number of hydrazone groups is 1. The van der Waals surface area contributed by atoms with E-state index in [1.807, 2.05) is 0 Å². The van der Waals surface area contributed by atoms with Crippen LogP contribution in [0.4, 0.5) is 0 Å². The maximum Gasteiger partial charge on any atom is 0.120 e. The van der Waals surface area contributed by atoms with E-state index in [0.717, 1.165) is 0 Å². The number of fused-ring (bicyclic) bond motifs is 2. The van der Waals surface area contributed by atoms with Crippen LogP contribution >= 0.6 is 0 Å². The van der Waals surface area contributed by atoms with Crippen LogP contribution < -0.4 is 11.2 Å². The maximum absolute atomic E-state index is 5.85. The summed E-state index contributed by atoms with van der Waals surface area (Å²) in [6.45, 7) is 0. The third-order valence-corrected chi connectivity index (χ3v) is 5.59. The molecule has 1 aliphatic heterocycles. The number of hydrogen-bond donors (Lipinski definition) is 2. The summed E-state index contributed by atoms with van der Waals surface area (Å²) in [6.07, 6.45) is 3.67. The number of quaternary nitrogens is 1. The highest BCUT2D eigenvalue weighted by atomic mass is 15.1. The Kier molecular flexibility index (Phi) is 3.88. The van der Waals surface area contributed by atoms with Crippen molar-refractivity contribution in [3.63, 3.8) is 0 Å². The van der Waals surface area contributed by atoms with Crippen LogP contribution in [0.3, 0.4) is 0 Å². The average Bonchev–Trinajstić information content (AvgIpc) is 2.63.